The summed E-state index contributed by atoms with van der Waals surface area (Å²) in [5.41, 5.74) is 0.587. The first-order chi connectivity index (χ1) is 11.8. The molecule has 0 saturated carbocycles. The summed E-state index contributed by atoms with van der Waals surface area (Å²) < 4.78 is 36.2. The number of hydrogen-bond acceptors (Lipinski definition) is 6. The molecule has 0 radical (unpaired) electrons. The van der Waals surface area contributed by atoms with E-state index in [9.17, 15) is 17.6 Å². The molecule has 1 N–H and O–H groups in total. The Morgan fingerprint density at radius 1 is 1.28 bits per heavy atom. The van der Waals surface area contributed by atoms with Crippen LogP contribution in [0.4, 0.5) is 16.0 Å². The van der Waals surface area contributed by atoms with Gasteiger partial charge in [-0.1, -0.05) is 0 Å². The fourth-order valence-corrected chi connectivity index (χ4v) is 4.39. The molecule has 25 heavy (non-hydrogen) atoms. The van der Waals surface area contributed by atoms with Gasteiger partial charge in [0.25, 0.3) is 5.91 Å². The van der Waals surface area contributed by atoms with Crippen molar-refractivity contribution in [2.24, 2.45) is 0 Å². The molecule has 1 aromatic carbocycles. The highest BCUT2D eigenvalue weighted by atomic mass is 32.2. The molecule has 2 aromatic rings. The Morgan fingerprint density at radius 3 is 2.64 bits per heavy atom. The van der Waals surface area contributed by atoms with Crippen molar-refractivity contribution in [1.82, 2.24) is 9.97 Å². The zero-order valence-electron chi connectivity index (χ0n) is 13.5. The maximum Gasteiger partial charge on any atom is 0.274 e. The van der Waals surface area contributed by atoms with Gasteiger partial charge in [-0.3, -0.25) is 4.79 Å². The van der Waals surface area contributed by atoms with Crippen molar-refractivity contribution in [1.29, 1.82) is 0 Å². The number of amides is 1. The van der Waals surface area contributed by atoms with Crippen LogP contribution in [0.5, 0.6) is 0 Å². The van der Waals surface area contributed by atoms with Gasteiger partial charge in [0.15, 0.2) is 9.84 Å². The van der Waals surface area contributed by atoms with Crippen molar-refractivity contribution in [3.05, 3.63) is 48.0 Å². The van der Waals surface area contributed by atoms with E-state index in [-0.39, 0.29) is 29.2 Å². The second-order valence-electron chi connectivity index (χ2n) is 5.87. The maximum atomic E-state index is 12.9. The highest BCUT2D eigenvalue weighted by molar-refractivity contribution is 7.91. The van der Waals surface area contributed by atoms with Gasteiger partial charge in [-0.2, -0.15) is 0 Å². The lowest BCUT2D eigenvalue weighted by Crippen LogP contribution is -2.34. The molecular weight excluding hydrogens is 347 g/mol. The molecule has 9 heteroatoms. The van der Waals surface area contributed by atoms with Crippen molar-refractivity contribution < 1.29 is 17.6 Å². The monoisotopic (exact) mass is 364 g/mol. The molecular formula is C16H17FN4O3S. The van der Waals surface area contributed by atoms with Crippen molar-refractivity contribution in [2.45, 2.75) is 12.5 Å². The summed E-state index contributed by atoms with van der Waals surface area (Å²) in [4.78, 5) is 22.3. The van der Waals surface area contributed by atoms with E-state index in [1.165, 1.54) is 36.5 Å². The third-order valence-electron chi connectivity index (χ3n) is 4.05. The smallest absolute Gasteiger partial charge is 0.274 e. The number of carbonyl (C=O) groups excluding carboxylic acids is 1. The lowest BCUT2D eigenvalue weighted by molar-refractivity contribution is 0.102. The molecule has 7 nitrogen and oxygen atoms in total. The number of carbonyl (C=O) groups is 1. The average molecular weight is 364 g/mol. The number of nitrogens with zero attached hydrogens (tertiary/aromatic N) is 3. The Bertz CT molecular complexity index is 887. The summed E-state index contributed by atoms with van der Waals surface area (Å²) in [6.45, 7) is 0. The minimum Gasteiger partial charge on any atom is -0.340 e. The van der Waals surface area contributed by atoms with Crippen molar-refractivity contribution in [3.63, 3.8) is 0 Å². The summed E-state index contributed by atoms with van der Waals surface area (Å²) in [7, 11) is -1.32. The van der Waals surface area contributed by atoms with Gasteiger partial charge in [0, 0.05) is 25.0 Å². The lowest BCUT2D eigenvalue weighted by Gasteiger charge is -2.23. The molecule has 1 atom stereocenters. The zero-order valence-corrected chi connectivity index (χ0v) is 14.3. The van der Waals surface area contributed by atoms with E-state index in [0.717, 1.165) is 0 Å². The topological polar surface area (TPSA) is 92.3 Å². The molecule has 2 heterocycles. The fourth-order valence-electron chi connectivity index (χ4n) is 2.62. The van der Waals surface area contributed by atoms with Crippen LogP contribution in [0.1, 0.15) is 16.9 Å². The molecule has 1 saturated heterocycles. The van der Waals surface area contributed by atoms with E-state index in [2.05, 4.69) is 15.3 Å². The highest BCUT2D eigenvalue weighted by Crippen LogP contribution is 2.20. The van der Waals surface area contributed by atoms with Crippen LogP contribution in [0.3, 0.4) is 0 Å². The van der Waals surface area contributed by atoms with Crippen molar-refractivity contribution >= 4 is 27.4 Å². The van der Waals surface area contributed by atoms with Gasteiger partial charge >= 0.3 is 0 Å². The van der Waals surface area contributed by atoms with Crippen LogP contribution in [-0.2, 0) is 9.84 Å². The van der Waals surface area contributed by atoms with Crippen LogP contribution in [0.25, 0.3) is 0 Å². The Labute approximate surface area is 144 Å². The number of hydrogen-bond donors (Lipinski definition) is 1. The molecule has 1 aliphatic heterocycles. The average Bonchev–Trinajstić information content (AvgIpc) is 2.96. The van der Waals surface area contributed by atoms with Gasteiger partial charge in [0.1, 0.15) is 11.5 Å². The Kier molecular flexibility index (Phi) is 4.67. The largest absolute Gasteiger partial charge is 0.340 e. The Hall–Kier alpha value is -2.55. The number of rotatable bonds is 4. The predicted molar refractivity (Wildman–Crippen MR) is 91.8 cm³/mol. The summed E-state index contributed by atoms with van der Waals surface area (Å²) >= 11 is 0. The second kappa shape index (κ2) is 6.75. The second-order valence-corrected chi connectivity index (χ2v) is 8.10. The number of nitrogens with one attached hydrogen (secondary N) is 1. The van der Waals surface area contributed by atoms with E-state index in [1.54, 1.807) is 11.9 Å². The number of benzene rings is 1. The Balaban J connectivity index is 1.74. The van der Waals surface area contributed by atoms with Crippen LogP contribution in [0, 0.1) is 5.82 Å². The summed E-state index contributed by atoms with van der Waals surface area (Å²) in [6, 6.07) is 6.64. The van der Waals surface area contributed by atoms with E-state index in [4.69, 9.17) is 0 Å². The van der Waals surface area contributed by atoms with Crippen LogP contribution in [0.15, 0.2) is 36.5 Å². The molecule has 0 spiro atoms. The number of aromatic nitrogens is 2. The van der Waals surface area contributed by atoms with Gasteiger partial charge in [0.2, 0.25) is 5.95 Å². The van der Waals surface area contributed by atoms with E-state index in [1.807, 2.05) is 0 Å². The number of sulfone groups is 1. The maximum absolute atomic E-state index is 12.9. The zero-order chi connectivity index (χ0) is 18.0. The minimum absolute atomic E-state index is 0.0544. The molecule has 3 rings (SSSR count). The molecule has 1 aliphatic rings. The van der Waals surface area contributed by atoms with E-state index < -0.39 is 21.6 Å². The summed E-state index contributed by atoms with van der Waals surface area (Å²) in [6.07, 6.45) is 1.95. The quantitative estimate of drug-likeness (QED) is 0.884. The standard InChI is InChI=1S/C16H17FN4O3S/c1-21(13-7-9-25(23,24)10-13)16-18-8-6-14(20-16)15(22)19-12-4-2-11(17)3-5-12/h2-6,8,13H,7,9-10H2,1H3,(H,19,22). The van der Waals surface area contributed by atoms with Crippen LogP contribution < -0.4 is 10.2 Å². The number of anilines is 2. The minimum atomic E-state index is -3.03. The fraction of sp³-hybridized carbons (Fsp3) is 0.312. The third kappa shape index (κ3) is 4.11. The Morgan fingerprint density at radius 2 is 2.00 bits per heavy atom. The molecule has 1 aromatic heterocycles. The van der Waals surface area contributed by atoms with Crippen LogP contribution in [-0.4, -0.2) is 48.9 Å². The molecule has 132 valence electrons. The van der Waals surface area contributed by atoms with Gasteiger partial charge in [-0.05, 0) is 36.8 Å². The summed E-state index contributed by atoms with van der Waals surface area (Å²) in [5, 5.41) is 2.62. The third-order valence-corrected chi connectivity index (χ3v) is 5.80. The van der Waals surface area contributed by atoms with Crippen molar-refractivity contribution in [2.75, 3.05) is 28.8 Å². The van der Waals surface area contributed by atoms with Crippen molar-refractivity contribution in [3.8, 4) is 0 Å². The SMILES string of the molecule is CN(c1nccc(C(=O)Nc2ccc(F)cc2)n1)C1CCS(=O)(=O)C1. The van der Waals surface area contributed by atoms with Gasteiger partial charge < -0.3 is 10.2 Å². The van der Waals surface area contributed by atoms with Crippen LogP contribution >= 0.6 is 0 Å². The van der Waals surface area contributed by atoms with Gasteiger partial charge in [0.05, 0.1) is 11.5 Å². The first-order valence-corrected chi connectivity index (χ1v) is 9.49. The molecule has 1 fully saturated rings. The van der Waals surface area contributed by atoms with Crippen LogP contribution in [0.2, 0.25) is 0 Å². The molecule has 1 unspecified atom stereocenters. The highest BCUT2D eigenvalue weighted by Gasteiger charge is 2.31. The number of halogens is 1. The molecule has 0 aliphatic carbocycles. The normalized spacial score (nSPS) is 18.7. The lowest BCUT2D eigenvalue weighted by atomic mass is 10.2. The van der Waals surface area contributed by atoms with E-state index >= 15 is 0 Å². The first kappa shape index (κ1) is 17.3. The predicted octanol–water partition coefficient (Wildman–Crippen LogP) is 1.49. The molecule has 0 bridgehead atoms. The van der Waals surface area contributed by atoms with Gasteiger partial charge in [-0.25, -0.2) is 22.8 Å². The van der Waals surface area contributed by atoms with E-state index in [0.29, 0.717) is 12.1 Å². The van der Waals surface area contributed by atoms with Gasteiger partial charge in [-0.15, -0.1) is 0 Å². The summed E-state index contributed by atoms with van der Waals surface area (Å²) in [5.74, 6) is -0.363. The molecule has 1 amide bonds. The first-order valence-electron chi connectivity index (χ1n) is 7.67.